The van der Waals surface area contributed by atoms with Crippen LogP contribution in [0, 0.1) is 5.92 Å². The summed E-state index contributed by atoms with van der Waals surface area (Å²) in [6, 6.07) is 6.73. The van der Waals surface area contributed by atoms with Gasteiger partial charge in [-0.3, -0.25) is 4.79 Å². The van der Waals surface area contributed by atoms with Gasteiger partial charge in [-0.25, -0.2) is 0 Å². The normalized spacial score (nSPS) is 20.6. The molecule has 1 aromatic carbocycles. The molecule has 108 valence electrons. The molecule has 0 aromatic heterocycles. The Labute approximate surface area is 117 Å². The number of oxime groups is 1. The number of hydrogen-bond donors (Lipinski definition) is 3. The SMILES string of the molecule is CC(NC(=O)c1cccc(/C(N)=N/O)c1)C1CCOC1. The lowest BCUT2D eigenvalue weighted by atomic mass is 10.00. The van der Waals surface area contributed by atoms with Crippen LogP contribution in [0.5, 0.6) is 0 Å². The molecular weight excluding hydrogens is 258 g/mol. The molecule has 2 atom stereocenters. The highest BCUT2D eigenvalue weighted by Gasteiger charge is 2.23. The van der Waals surface area contributed by atoms with Gasteiger partial charge in [0.05, 0.1) is 6.61 Å². The van der Waals surface area contributed by atoms with Gasteiger partial charge in [0.15, 0.2) is 5.84 Å². The maximum atomic E-state index is 12.2. The van der Waals surface area contributed by atoms with Gasteiger partial charge < -0.3 is 21.0 Å². The van der Waals surface area contributed by atoms with Crippen LogP contribution in [0.4, 0.5) is 0 Å². The smallest absolute Gasteiger partial charge is 0.251 e. The van der Waals surface area contributed by atoms with Crippen LogP contribution in [-0.4, -0.2) is 36.2 Å². The van der Waals surface area contributed by atoms with Crippen LogP contribution in [0.2, 0.25) is 0 Å². The van der Waals surface area contributed by atoms with Gasteiger partial charge in [0.1, 0.15) is 0 Å². The van der Waals surface area contributed by atoms with Crippen molar-refractivity contribution in [2.24, 2.45) is 16.8 Å². The summed E-state index contributed by atoms with van der Waals surface area (Å²) in [5, 5.41) is 14.5. The van der Waals surface area contributed by atoms with Crippen molar-refractivity contribution in [3.05, 3.63) is 35.4 Å². The second-order valence-corrected chi connectivity index (χ2v) is 4.95. The second-order valence-electron chi connectivity index (χ2n) is 4.95. The molecule has 1 aromatic rings. The van der Waals surface area contributed by atoms with Gasteiger partial charge in [-0.2, -0.15) is 0 Å². The first-order valence-electron chi connectivity index (χ1n) is 6.58. The van der Waals surface area contributed by atoms with E-state index in [-0.39, 0.29) is 17.8 Å². The van der Waals surface area contributed by atoms with E-state index in [1.807, 2.05) is 6.92 Å². The molecule has 1 aliphatic rings. The number of amides is 1. The molecule has 1 aliphatic heterocycles. The van der Waals surface area contributed by atoms with Crippen molar-refractivity contribution in [3.8, 4) is 0 Å². The van der Waals surface area contributed by atoms with Crippen molar-refractivity contribution in [3.63, 3.8) is 0 Å². The van der Waals surface area contributed by atoms with Crippen LogP contribution >= 0.6 is 0 Å². The van der Waals surface area contributed by atoms with Crippen molar-refractivity contribution in [1.29, 1.82) is 0 Å². The summed E-state index contributed by atoms with van der Waals surface area (Å²) in [5.74, 6) is 0.167. The van der Waals surface area contributed by atoms with Crippen molar-refractivity contribution in [2.45, 2.75) is 19.4 Å². The number of hydrogen-bond acceptors (Lipinski definition) is 4. The Balaban J connectivity index is 2.05. The number of benzene rings is 1. The fraction of sp³-hybridized carbons (Fsp3) is 0.429. The van der Waals surface area contributed by atoms with Crippen LogP contribution in [0.15, 0.2) is 29.4 Å². The number of carbonyl (C=O) groups is 1. The zero-order valence-electron chi connectivity index (χ0n) is 11.4. The third-order valence-electron chi connectivity index (χ3n) is 3.56. The third kappa shape index (κ3) is 3.27. The van der Waals surface area contributed by atoms with E-state index < -0.39 is 0 Å². The highest BCUT2D eigenvalue weighted by Crippen LogP contribution is 2.17. The van der Waals surface area contributed by atoms with E-state index in [4.69, 9.17) is 15.7 Å². The minimum Gasteiger partial charge on any atom is -0.409 e. The largest absolute Gasteiger partial charge is 0.409 e. The molecule has 1 saturated heterocycles. The highest BCUT2D eigenvalue weighted by molar-refractivity contribution is 6.01. The van der Waals surface area contributed by atoms with E-state index in [0.29, 0.717) is 23.7 Å². The predicted octanol–water partition coefficient (Wildman–Crippen LogP) is 0.936. The van der Waals surface area contributed by atoms with E-state index in [1.54, 1.807) is 24.3 Å². The van der Waals surface area contributed by atoms with Crippen molar-refractivity contribution in [1.82, 2.24) is 5.32 Å². The van der Waals surface area contributed by atoms with E-state index in [2.05, 4.69) is 10.5 Å². The number of carbonyl (C=O) groups excluding carboxylic acids is 1. The molecule has 1 heterocycles. The fourth-order valence-corrected chi connectivity index (χ4v) is 2.23. The summed E-state index contributed by atoms with van der Waals surface area (Å²) in [4.78, 5) is 12.2. The molecule has 6 nitrogen and oxygen atoms in total. The minimum absolute atomic E-state index is 0.0168. The van der Waals surface area contributed by atoms with E-state index in [1.165, 1.54) is 0 Å². The van der Waals surface area contributed by atoms with Gasteiger partial charge in [0.2, 0.25) is 0 Å². The standard InChI is InChI=1S/C14H19N3O3/c1-9(12-5-6-20-8-12)16-14(18)11-4-2-3-10(7-11)13(15)17-19/h2-4,7,9,12,19H,5-6,8H2,1H3,(H2,15,17)(H,16,18). The minimum atomic E-state index is -0.169. The Kier molecular flexibility index (Phi) is 4.57. The van der Waals surface area contributed by atoms with E-state index in [9.17, 15) is 4.79 Å². The maximum absolute atomic E-state index is 12.2. The second kappa shape index (κ2) is 6.38. The van der Waals surface area contributed by atoms with Gasteiger partial charge >= 0.3 is 0 Å². The summed E-state index contributed by atoms with van der Waals surface area (Å²) in [6.45, 7) is 3.42. The van der Waals surface area contributed by atoms with Crippen molar-refractivity contribution >= 4 is 11.7 Å². The quantitative estimate of drug-likeness (QED) is 0.330. The van der Waals surface area contributed by atoms with Crippen LogP contribution in [0.1, 0.15) is 29.3 Å². The molecule has 0 aliphatic carbocycles. The van der Waals surface area contributed by atoms with Crippen molar-refractivity contribution in [2.75, 3.05) is 13.2 Å². The van der Waals surface area contributed by atoms with Crippen LogP contribution in [0.25, 0.3) is 0 Å². The molecule has 0 saturated carbocycles. The molecule has 0 radical (unpaired) electrons. The number of rotatable bonds is 4. The van der Waals surface area contributed by atoms with Gasteiger partial charge in [0, 0.05) is 29.7 Å². The average molecular weight is 277 g/mol. The Hall–Kier alpha value is -2.08. The fourth-order valence-electron chi connectivity index (χ4n) is 2.23. The Bertz CT molecular complexity index is 510. The Morgan fingerprint density at radius 1 is 1.55 bits per heavy atom. The number of ether oxygens (including phenoxy) is 1. The van der Waals surface area contributed by atoms with Gasteiger partial charge in [-0.15, -0.1) is 0 Å². The lowest BCUT2D eigenvalue weighted by molar-refractivity contribution is 0.0922. The summed E-state index contributed by atoms with van der Waals surface area (Å²) in [5.41, 5.74) is 6.51. The third-order valence-corrected chi connectivity index (χ3v) is 3.56. The molecule has 2 unspecified atom stereocenters. The van der Waals surface area contributed by atoms with E-state index >= 15 is 0 Å². The summed E-state index contributed by atoms with van der Waals surface area (Å²) in [6.07, 6.45) is 0.964. The molecular formula is C14H19N3O3. The average Bonchev–Trinajstić information content (AvgIpc) is 3.00. The predicted molar refractivity (Wildman–Crippen MR) is 74.8 cm³/mol. The molecule has 1 fully saturated rings. The van der Waals surface area contributed by atoms with Gasteiger partial charge in [-0.1, -0.05) is 17.3 Å². The number of nitrogens with two attached hydrogens (primary N) is 1. The topological polar surface area (TPSA) is 96.9 Å². The van der Waals surface area contributed by atoms with Crippen LogP contribution in [0.3, 0.4) is 0 Å². The molecule has 0 spiro atoms. The monoisotopic (exact) mass is 277 g/mol. The summed E-state index contributed by atoms with van der Waals surface area (Å²) < 4.78 is 5.32. The van der Waals surface area contributed by atoms with Gasteiger partial charge in [0.25, 0.3) is 5.91 Å². The maximum Gasteiger partial charge on any atom is 0.251 e. The molecule has 20 heavy (non-hydrogen) atoms. The number of amidine groups is 1. The molecule has 1 amide bonds. The van der Waals surface area contributed by atoms with E-state index in [0.717, 1.165) is 13.0 Å². The molecule has 2 rings (SSSR count). The summed E-state index contributed by atoms with van der Waals surface area (Å²) >= 11 is 0. The van der Waals surface area contributed by atoms with Crippen molar-refractivity contribution < 1.29 is 14.7 Å². The molecule has 0 bridgehead atoms. The van der Waals surface area contributed by atoms with Crippen LogP contribution < -0.4 is 11.1 Å². The number of nitrogens with zero attached hydrogens (tertiary/aromatic N) is 1. The Morgan fingerprint density at radius 3 is 2.95 bits per heavy atom. The number of nitrogens with one attached hydrogen (secondary N) is 1. The molecule has 4 N–H and O–H groups in total. The highest BCUT2D eigenvalue weighted by atomic mass is 16.5. The molecule has 6 heteroatoms. The zero-order chi connectivity index (χ0) is 14.5. The first-order valence-corrected chi connectivity index (χ1v) is 6.58. The first kappa shape index (κ1) is 14.3. The van der Waals surface area contributed by atoms with Crippen LogP contribution in [-0.2, 0) is 4.74 Å². The first-order chi connectivity index (χ1) is 9.61. The Morgan fingerprint density at radius 2 is 2.30 bits per heavy atom. The van der Waals surface area contributed by atoms with Gasteiger partial charge in [-0.05, 0) is 25.5 Å². The lowest BCUT2D eigenvalue weighted by Gasteiger charge is -2.19. The summed E-state index contributed by atoms with van der Waals surface area (Å²) in [7, 11) is 0. The lowest BCUT2D eigenvalue weighted by Crippen LogP contribution is -2.38. The zero-order valence-corrected chi connectivity index (χ0v) is 11.4.